The highest BCUT2D eigenvalue weighted by Gasteiger charge is 2.37. The molecule has 2 aliphatic rings. The summed E-state index contributed by atoms with van der Waals surface area (Å²) >= 11 is 0. The number of carbonyl (C=O) groups is 1. The molecule has 0 bridgehead atoms. The maximum Gasteiger partial charge on any atom is 0.417 e. The molecule has 0 radical (unpaired) electrons. The fourth-order valence-corrected chi connectivity index (χ4v) is 4.14. The van der Waals surface area contributed by atoms with Gasteiger partial charge in [-0.25, -0.2) is 9.37 Å². The van der Waals surface area contributed by atoms with E-state index in [2.05, 4.69) is 22.2 Å². The van der Waals surface area contributed by atoms with Gasteiger partial charge in [0.2, 0.25) is 0 Å². The number of amides is 1. The van der Waals surface area contributed by atoms with E-state index in [0.717, 1.165) is 36.6 Å². The highest BCUT2D eigenvalue weighted by molar-refractivity contribution is 6.00. The van der Waals surface area contributed by atoms with E-state index in [4.69, 9.17) is 0 Å². The molecule has 0 spiro atoms. The SMILES string of the molecule is CCCC1CN=C(c2ccc(N3CCN(C(=O)c4cc(F)ccc4C(F)(F)F)CC3)nc2)N1. The van der Waals surface area contributed by atoms with Crippen LogP contribution in [0.2, 0.25) is 0 Å². The van der Waals surface area contributed by atoms with Crippen molar-refractivity contribution < 1.29 is 22.4 Å². The Bertz CT molecular complexity index is 1030. The second-order valence-electron chi connectivity index (χ2n) is 8.19. The van der Waals surface area contributed by atoms with Gasteiger partial charge in [0.25, 0.3) is 5.91 Å². The third-order valence-electron chi connectivity index (χ3n) is 5.88. The number of rotatable bonds is 5. The molecule has 3 heterocycles. The summed E-state index contributed by atoms with van der Waals surface area (Å²) in [5, 5.41) is 3.41. The van der Waals surface area contributed by atoms with Gasteiger partial charge in [-0.3, -0.25) is 9.79 Å². The Labute approximate surface area is 189 Å². The Morgan fingerprint density at radius 1 is 1.15 bits per heavy atom. The summed E-state index contributed by atoms with van der Waals surface area (Å²) in [5.41, 5.74) is -0.889. The zero-order chi connectivity index (χ0) is 23.6. The minimum atomic E-state index is -4.73. The number of alkyl halides is 3. The van der Waals surface area contributed by atoms with Gasteiger partial charge in [0.1, 0.15) is 17.5 Å². The van der Waals surface area contributed by atoms with Crippen LogP contribution in [0.15, 0.2) is 41.5 Å². The summed E-state index contributed by atoms with van der Waals surface area (Å²) in [6, 6.07) is 6.14. The number of halogens is 4. The quantitative estimate of drug-likeness (QED) is 0.687. The average molecular weight is 463 g/mol. The highest BCUT2D eigenvalue weighted by atomic mass is 19.4. The van der Waals surface area contributed by atoms with E-state index in [1.807, 2.05) is 17.0 Å². The standard InChI is InChI=1S/C23H25F4N5O/c1-2-3-17-14-29-21(30-17)15-4-7-20(28-13-15)31-8-10-32(11-9-31)22(33)18-12-16(24)5-6-19(18)23(25,26)27/h4-7,12-13,17H,2-3,8-11,14H2,1H3,(H,29,30). The van der Waals surface area contributed by atoms with Crippen LogP contribution in [0.4, 0.5) is 23.4 Å². The number of aliphatic imine (C=N–C) groups is 1. The Hall–Kier alpha value is -3.17. The molecule has 1 unspecified atom stereocenters. The second-order valence-corrected chi connectivity index (χ2v) is 8.19. The lowest BCUT2D eigenvalue weighted by atomic mass is 10.0. The molecule has 1 amide bonds. The smallest absolute Gasteiger partial charge is 0.365 e. The molecular formula is C23H25F4N5O. The maximum absolute atomic E-state index is 13.6. The van der Waals surface area contributed by atoms with Crippen LogP contribution in [0.25, 0.3) is 0 Å². The lowest BCUT2D eigenvalue weighted by molar-refractivity contribution is -0.138. The maximum atomic E-state index is 13.6. The van der Waals surface area contributed by atoms with Crippen molar-refractivity contribution in [1.29, 1.82) is 0 Å². The van der Waals surface area contributed by atoms with Crippen LogP contribution in [-0.2, 0) is 6.18 Å². The average Bonchev–Trinajstić information content (AvgIpc) is 3.27. The van der Waals surface area contributed by atoms with Crippen LogP contribution >= 0.6 is 0 Å². The van der Waals surface area contributed by atoms with E-state index in [0.29, 0.717) is 37.3 Å². The molecule has 33 heavy (non-hydrogen) atoms. The Morgan fingerprint density at radius 2 is 1.91 bits per heavy atom. The summed E-state index contributed by atoms with van der Waals surface area (Å²) in [4.78, 5) is 25.1. The molecule has 1 N–H and O–H groups in total. The summed E-state index contributed by atoms with van der Waals surface area (Å²) < 4.78 is 53.4. The first-order chi connectivity index (χ1) is 15.8. The third-order valence-corrected chi connectivity index (χ3v) is 5.88. The topological polar surface area (TPSA) is 60.8 Å². The first-order valence-corrected chi connectivity index (χ1v) is 10.9. The van der Waals surface area contributed by atoms with Gasteiger partial charge in [0.15, 0.2) is 0 Å². The molecule has 1 aromatic carbocycles. The van der Waals surface area contributed by atoms with Crippen molar-refractivity contribution in [3.8, 4) is 0 Å². The number of anilines is 1. The van der Waals surface area contributed by atoms with Gasteiger partial charge in [-0.05, 0) is 36.8 Å². The number of amidine groups is 1. The Morgan fingerprint density at radius 3 is 2.55 bits per heavy atom. The van der Waals surface area contributed by atoms with Gasteiger partial charge in [0, 0.05) is 44.0 Å². The number of carbonyl (C=O) groups excluding carboxylic acids is 1. The number of piperazine rings is 1. The van der Waals surface area contributed by atoms with E-state index < -0.39 is 29.0 Å². The first-order valence-electron chi connectivity index (χ1n) is 10.9. The van der Waals surface area contributed by atoms with Crippen LogP contribution in [0.1, 0.15) is 41.3 Å². The molecular weight excluding hydrogens is 438 g/mol. The zero-order valence-electron chi connectivity index (χ0n) is 18.2. The Kier molecular flexibility index (Phi) is 6.53. The molecule has 2 aromatic rings. The lowest BCUT2D eigenvalue weighted by Crippen LogP contribution is -2.49. The van der Waals surface area contributed by atoms with Crippen molar-refractivity contribution in [2.75, 3.05) is 37.6 Å². The van der Waals surface area contributed by atoms with E-state index in [1.165, 1.54) is 4.90 Å². The minimum Gasteiger partial charge on any atom is -0.365 e. The van der Waals surface area contributed by atoms with Crippen molar-refractivity contribution in [2.24, 2.45) is 4.99 Å². The summed E-state index contributed by atoms with van der Waals surface area (Å²) in [7, 11) is 0. The molecule has 0 aliphatic carbocycles. The van der Waals surface area contributed by atoms with E-state index in [9.17, 15) is 22.4 Å². The summed E-state index contributed by atoms with van der Waals surface area (Å²) in [6.07, 6.45) is -0.846. The molecule has 10 heteroatoms. The molecule has 6 nitrogen and oxygen atoms in total. The number of pyridine rings is 1. The molecule has 1 fully saturated rings. The van der Waals surface area contributed by atoms with Crippen molar-refractivity contribution in [3.63, 3.8) is 0 Å². The van der Waals surface area contributed by atoms with E-state index in [-0.39, 0.29) is 13.1 Å². The zero-order valence-corrected chi connectivity index (χ0v) is 18.2. The molecule has 1 aromatic heterocycles. The monoisotopic (exact) mass is 463 g/mol. The molecule has 1 atom stereocenters. The molecule has 4 rings (SSSR count). The Balaban J connectivity index is 1.39. The molecule has 176 valence electrons. The summed E-state index contributed by atoms with van der Waals surface area (Å²) in [5.74, 6) is -0.150. The van der Waals surface area contributed by atoms with Crippen molar-refractivity contribution in [3.05, 3.63) is 59.0 Å². The first kappa shape index (κ1) is 23.0. The highest BCUT2D eigenvalue weighted by Crippen LogP contribution is 2.33. The fourth-order valence-electron chi connectivity index (χ4n) is 4.14. The third kappa shape index (κ3) is 5.09. The minimum absolute atomic E-state index is 0.211. The predicted octanol–water partition coefficient (Wildman–Crippen LogP) is 3.72. The van der Waals surface area contributed by atoms with Crippen LogP contribution in [0.5, 0.6) is 0 Å². The van der Waals surface area contributed by atoms with Crippen LogP contribution in [-0.4, -0.2) is 60.4 Å². The number of nitrogens with one attached hydrogen (secondary N) is 1. The van der Waals surface area contributed by atoms with E-state index >= 15 is 0 Å². The molecule has 0 saturated carbocycles. The van der Waals surface area contributed by atoms with Gasteiger partial charge >= 0.3 is 6.18 Å². The van der Waals surface area contributed by atoms with Crippen LogP contribution in [0.3, 0.4) is 0 Å². The van der Waals surface area contributed by atoms with Gasteiger partial charge in [0.05, 0.1) is 17.7 Å². The van der Waals surface area contributed by atoms with E-state index in [1.54, 1.807) is 6.20 Å². The van der Waals surface area contributed by atoms with Crippen molar-refractivity contribution >= 4 is 17.6 Å². The predicted molar refractivity (Wildman–Crippen MR) is 117 cm³/mol. The number of hydrogen-bond donors (Lipinski definition) is 1. The number of nitrogens with zero attached hydrogens (tertiary/aromatic N) is 4. The van der Waals surface area contributed by atoms with Crippen molar-refractivity contribution in [1.82, 2.24) is 15.2 Å². The second kappa shape index (κ2) is 9.36. The fraction of sp³-hybridized carbons (Fsp3) is 0.435. The lowest BCUT2D eigenvalue weighted by Gasteiger charge is -2.35. The summed E-state index contributed by atoms with van der Waals surface area (Å²) in [6.45, 7) is 4.13. The number of aromatic nitrogens is 1. The van der Waals surface area contributed by atoms with Crippen LogP contribution in [0, 0.1) is 5.82 Å². The van der Waals surface area contributed by atoms with Crippen LogP contribution < -0.4 is 10.2 Å². The van der Waals surface area contributed by atoms with Gasteiger partial charge < -0.3 is 15.1 Å². The molecule has 2 aliphatic heterocycles. The number of benzene rings is 1. The molecule has 1 saturated heterocycles. The normalized spacial score (nSPS) is 18.8. The largest absolute Gasteiger partial charge is 0.417 e. The van der Waals surface area contributed by atoms with Gasteiger partial charge in [-0.15, -0.1) is 0 Å². The number of hydrogen-bond acceptors (Lipinski definition) is 5. The van der Waals surface area contributed by atoms with Crippen molar-refractivity contribution in [2.45, 2.75) is 32.0 Å². The van der Waals surface area contributed by atoms with Gasteiger partial charge in [-0.2, -0.15) is 13.2 Å². The van der Waals surface area contributed by atoms with Gasteiger partial charge in [-0.1, -0.05) is 13.3 Å².